The molecular formula is C17H23N3O. The molecule has 1 aliphatic carbocycles. The molecule has 1 saturated carbocycles. The van der Waals surface area contributed by atoms with E-state index in [-0.39, 0.29) is 0 Å². The fraction of sp³-hybridized carbons (Fsp3) is 0.471. The van der Waals surface area contributed by atoms with Crippen molar-refractivity contribution in [2.24, 2.45) is 0 Å². The molecule has 1 aliphatic rings. The zero-order chi connectivity index (χ0) is 14.5. The van der Waals surface area contributed by atoms with Gasteiger partial charge in [0.05, 0.1) is 18.6 Å². The highest BCUT2D eigenvalue weighted by Crippen LogP contribution is 2.35. The lowest BCUT2D eigenvalue weighted by Gasteiger charge is -2.11. The molecule has 0 bridgehead atoms. The quantitative estimate of drug-likeness (QED) is 0.810. The van der Waals surface area contributed by atoms with E-state index in [1.54, 1.807) is 0 Å². The van der Waals surface area contributed by atoms with Crippen LogP contribution in [0, 0.1) is 0 Å². The van der Waals surface area contributed by atoms with E-state index in [9.17, 15) is 0 Å². The van der Waals surface area contributed by atoms with Gasteiger partial charge in [-0.2, -0.15) is 0 Å². The second-order valence-electron chi connectivity index (χ2n) is 5.53. The van der Waals surface area contributed by atoms with Crippen LogP contribution >= 0.6 is 0 Å². The first-order valence-electron chi connectivity index (χ1n) is 7.74. The number of imidazole rings is 1. The molecule has 1 aromatic carbocycles. The van der Waals surface area contributed by atoms with Crippen LogP contribution in [0.4, 0.5) is 0 Å². The molecule has 4 nitrogen and oxygen atoms in total. The molecule has 0 amide bonds. The number of hydrogen-bond donors (Lipinski definition) is 1. The van der Waals surface area contributed by atoms with Crippen molar-refractivity contribution >= 4 is 0 Å². The van der Waals surface area contributed by atoms with Crippen LogP contribution in [0.1, 0.15) is 42.6 Å². The summed E-state index contributed by atoms with van der Waals surface area (Å²) in [6, 6.07) is 9.15. The van der Waals surface area contributed by atoms with Crippen molar-refractivity contribution in [3.05, 3.63) is 53.6 Å². The Kier molecular flexibility index (Phi) is 4.68. The Balaban J connectivity index is 1.56. The third-order valence-corrected chi connectivity index (χ3v) is 3.89. The van der Waals surface area contributed by atoms with Crippen LogP contribution in [0.3, 0.4) is 0 Å². The van der Waals surface area contributed by atoms with Crippen LogP contribution in [-0.4, -0.2) is 16.2 Å². The number of ether oxygens (including phenoxy) is 1. The second kappa shape index (κ2) is 6.87. The van der Waals surface area contributed by atoms with E-state index >= 15 is 0 Å². The molecule has 0 unspecified atom stereocenters. The SMILES string of the molecule is CCOCc1ccccc1CNCc1cncn1C1CC1. The van der Waals surface area contributed by atoms with Gasteiger partial charge in [0.25, 0.3) is 0 Å². The minimum Gasteiger partial charge on any atom is -0.377 e. The third kappa shape index (κ3) is 3.71. The summed E-state index contributed by atoms with van der Waals surface area (Å²) in [7, 11) is 0. The van der Waals surface area contributed by atoms with Crippen molar-refractivity contribution in [1.29, 1.82) is 0 Å². The Morgan fingerprint density at radius 1 is 1.24 bits per heavy atom. The Bertz CT molecular complexity index is 575. The Labute approximate surface area is 126 Å². The van der Waals surface area contributed by atoms with Crippen LogP contribution in [0.15, 0.2) is 36.8 Å². The molecule has 2 aromatic rings. The van der Waals surface area contributed by atoms with Crippen LogP contribution in [0.5, 0.6) is 0 Å². The van der Waals surface area contributed by atoms with Crippen molar-refractivity contribution in [3.63, 3.8) is 0 Å². The smallest absolute Gasteiger partial charge is 0.0951 e. The summed E-state index contributed by atoms with van der Waals surface area (Å²) in [5.41, 5.74) is 3.85. The van der Waals surface area contributed by atoms with E-state index in [4.69, 9.17) is 4.74 Å². The van der Waals surface area contributed by atoms with Gasteiger partial charge in [-0.3, -0.25) is 0 Å². The molecule has 0 radical (unpaired) electrons. The fourth-order valence-electron chi connectivity index (χ4n) is 2.56. The lowest BCUT2D eigenvalue weighted by Crippen LogP contribution is -2.16. The Hall–Kier alpha value is -1.65. The molecule has 3 rings (SSSR count). The molecule has 0 atom stereocenters. The second-order valence-corrected chi connectivity index (χ2v) is 5.53. The largest absolute Gasteiger partial charge is 0.377 e. The van der Waals surface area contributed by atoms with Crippen LogP contribution in [-0.2, 0) is 24.4 Å². The van der Waals surface area contributed by atoms with Crippen molar-refractivity contribution in [2.75, 3.05) is 6.61 Å². The summed E-state index contributed by atoms with van der Waals surface area (Å²) in [6.07, 6.45) is 6.51. The maximum atomic E-state index is 5.53. The molecule has 0 saturated heterocycles. The number of aromatic nitrogens is 2. The first kappa shape index (κ1) is 14.3. The molecule has 21 heavy (non-hydrogen) atoms. The molecule has 1 heterocycles. The molecule has 1 aromatic heterocycles. The fourth-order valence-corrected chi connectivity index (χ4v) is 2.56. The van der Waals surface area contributed by atoms with Gasteiger partial charge in [0.15, 0.2) is 0 Å². The molecular weight excluding hydrogens is 262 g/mol. The molecule has 112 valence electrons. The summed E-state index contributed by atoms with van der Waals surface area (Å²) in [6.45, 7) is 5.19. The van der Waals surface area contributed by atoms with Gasteiger partial charge in [0.2, 0.25) is 0 Å². The predicted octanol–water partition coefficient (Wildman–Crippen LogP) is 3.04. The third-order valence-electron chi connectivity index (χ3n) is 3.89. The van der Waals surface area contributed by atoms with Gasteiger partial charge in [-0.05, 0) is 30.9 Å². The predicted molar refractivity (Wildman–Crippen MR) is 82.8 cm³/mol. The number of rotatable bonds is 8. The van der Waals surface area contributed by atoms with Crippen LogP contribution < -0.4 is 5.32 Å². The number of hydrogen-bond acceptors (Lipinski definition) is 3. The lowest BCUT2D eigenvalue weighted by molar-refractivity contribution is 0.133. The van der Waals surface area contributed by atoms with Crippen molar-refractivity contribution in [2.45, 2.75) is 45.5 Å². The minimum absolute atomic E-state index is 0.689. The van der Waals surface area contributed by atoms with Gasteiger partial charge in [0.1, 0.15) is 0 Å². The van der Waals surface area contributed by atoms with Gasteiger partial charge in [-0.1, -0.05) is 24.3 Å². The van der Waals surface area contributed by atoms with Crippen LogP contribution in [0.25, 0.3) is 0 Å². The molecule has 1 fully saturated rings. The van der Waals surface area contributed by atoms with E-state index in [0.29, 0.717) is 12.6 Å². The van der Waals surface area contributed by atoms with E-state index < -0.39 is 0 Å². The lowest BCUT2D eigenvalue weighted by atomic mass is 10.1. The summed E-state index contributed by atoms with van der Waals surface area (Å²) in [5, 5.41) is 3.53. The maximum absolute atomic E-state index is 5.53. The van der Waals surface area contributed by atoms with Crippen molar-refractivity contribution < 1.29 is 4.74 Å². The molecule has 0 aliphatic heterocycles. The maximum Gasteiger partial charge on any atom is 0.0951 e. The highest BCUT2D eigenvalue weighted by molar-refractivity contribution is 5.26. The van der Waals surface area contributed by atoms with E-state index in [1.165, 1.54) is 29.7 Å². The van der Waals surface area contributed by atoms with E-state index in [1.807, 2.05) is 19.4 Å². The first-order valence-corrected chi connectivity index (χ1v) is 7.74. The summed E-state index contributed by atoms with van der Waals surface area (Å²) >= 11 is 0. The van der Waals surface area contributed by atoms with E-state index in [0.717, 1.165) is 19.7 Å². The zero-order valence-electron chi connectivity index (χ0n) is 12.6. The Morgan fingerprint density at radius 2 is 2.05 bits per heavy atom. The number of benzene rings is 1. The number of nitrogens with zero attached hydrogens (tertiary/aromatic N) is 2. The average Bonchev–Trinajstić information content (AvgIpc) is 3.26. The van der Waals surface area contributed by atoms with Crippen LogP contribution in [0.2, 0.25) is 0 Å². The molecule has 4 heteroatoms. The topological polar surface area (TPSA) is 39.1 Å². The van der Waals surface area contributed by atoms with E-state index in [2.05, 4.69) is 39.1 Å². The highest BCUT2D eigenvalue weighted by atomic mass is 16.5. The monoisotopic (exact) mass is 285 g/mol. The normalized spacial score (nSPS) is 14.5. The summed E-state index contributed by atoms with van der Waals surface area (Å²) in [4.78, 5) is 4.27. The van der Waals surface area contributed by atoms with Gasteiger partial charge >= 0.3 is 0 Å². The zero-order valence-corrected chi connectivity index (χ0v) is 12.6. The van der Waals surface area contributed by atoms with Gasteiger partial charge in [0, 0.05) is 31.9 Å². The van der Waals surface area contributed by atoms with Gasteiger partial charge in [-0.15, -0.1) is 0 Å². The summed E-state index contributed by atoms with van der Waals surface area (Å²) in [5.74, 6) is 0. The minimum atomic E-state index is 0.689. The summed E-state index contributed by atoms with van der Waals surface area (Å²) < 4.78 is 7.83. The number of nitrogens with one attached hydrogen (secondary N) is 1. The van der Waals surface area contributed by atoms with Crippen molar-refractivity contribution in [3.8, 4) is 0 Å². The van der Waals surface area contributed by atoms with Gasteiger partial charge in [-0.25, -0.2) is 4.98 Å². The first-order chi connectivity index (χ1) is 10.4. The highest BCUT2D eigenvalue weighted by Gasteiger charge is 2.24. The standard InChI is InChI=1S/C17H23N3O/c1-2-21-12-15-6-4-3-5-14(15)9-18-10-17-11-19-13-20(17)16-7-8-16/h3-6,11,13,16,18H,2,7-10,12H2,1H3. The van der Waals surface area contributed by atoms with Gasteiger partial charge < -0.3 is 14.6 Å². The molecule has 0 spiro atoms. The van der Waals surface area contributed by atoms with Crippen molar-refractivity contribution in [1.82, 2.24) is 14.9 Å². The Morgan fingerprint density at radius 3 is 2.81 bits per heavy atom. The average molecular weight is 285 g/mol. The molecule has 1 N–H and O–H groups in total.